The molecule has 0 amide bonds. The molecule has 1 atom stereocenters. The Labute approximate surface area is 101 Å². The number of ketones is 1. The molecule has 0 spiro atoms. The second-order valence-corrected chi connectivity index (χ2v) is 4.36. The first-order valence-electron chi connectivity index (χ1n) is 5.75. The first-order chi connectivity index (χ1) is 7.94. The molecule has 0 aromatic heterocycles. The van der Waals surface area contributed by atoms with Crippen molar-refractivity contribution in [2.24, 2.45) is 11.3 Å². The molecule has 4 nitrogen and oxygen atoms in total. The zero-order chi connectivity index (χ0) is 13.2. The number of aliphatic hydroxyl groups is 2. The zero-order valence-corrected chi connectivity index (χ0v) is 10.4. The van der Waals surface area contributed by atoms with Crippen molar-refractivity contribution in [2.45, 2.75) is 33.6 Å². The van der Waals surface area contributed by atoms with E-state index in [4.69, 9.17) is 0 Å². The van der Waals surface area contributed by atoms with E-state index in [0.717, 1.165) is 0 Å². The molecule has 0 fully saturated rings. The highest BCUT2D eigenvalue weighted by Crippen LogP contribution is 2.47. The van der Waals surface area contributed by atoms with Crippen LogP contribution >= 0.6 is 0 Å². The van der Waals surface area contributed by atoms with Gasteiger partial charge in [0, 0.05) is 17.1 Å². The number of rotatable bonds is 4. The van der Waals surface area contributed by atoms with Gasteiger partial charge in [-0.25, -0.2) is 0 Å². The van der Waals surface area contributed by atoms with Crippen molar-refractivity contribution in [3.05, 3.63) is 23.2 Å². The molecule has 1 aliphatic carbocycles. The smallest absolute Gasteiger partial charge is 0.160 e. The molecule has 0 aromatic rings. The highest BCUT2D eigenvalue weighted by atomic mass is 16.3. The van der Waals surface area contributed by atoms with E-state index in [0.29, 0.717) is 19.1 Å². The predicted molar refractivity (Wildman–Crippen MR) is 63.6 cm³/mol. The van der Waals surface area contributed by atoms with Crippen molar-refractivity contribution < 1.29 is 19.8 Å². The molecule has 0 heterocycles. The summed E-state index contributed by atoms with van der Waals surface area (Å²) in [5, 5.41) is 19.7. The van der Waals surface area contributed by atoms with E-state index in [9.17, 15) is 19.8 Å². The maximum Gasteiger partial charge on any atom is 0.160 e. The van der Waals surface area contributed by atoms with Crippen molar-refractivity contribution in [2.75, 3.05) is 0 Å². The Morgan fingerprint density at radius 2 is 1.94 bits per heavy atom. The van der Waals surface area contributed by atoms with E-state index < -0.39 is 11.3 Å². The standard InChI is InChI=1S/C13H18O4/c1-4-13(5-2)9(7-14)12(8(3)15)10(16)6-11(13)17/h6-7,9,16-17H,4-5H2,1-3H3. The van der Waals surface area contributed by atoms with Gasteiger partial charge in [-0.05, 0) is 19.8 Å². The number of allylic oxidation sites excluding steroid dienone is 3. The van der Waals surface area contributed by atoms with Crippen LogP contribution in [0.4, 0.5) is 0 Å². The van der Waals surface area contributed by atoms with Crippen molar-refractivity contribution in [1.82, 2.24) is 0 Å². The highest BCUT2D eigenvalue weighted by molar-refractivity contribution is 5.98. The summed E-state index contributed by atoms with van der Waals surface area (Å²) in [5.41, 5.74) is -0.670. The predicted octanol–water partition coefficient (Wildman–Crippen LogP) is 2.46. The van der Waals surface area contributed by atoms with Crippen LogP contribution < -0.4 is 0 Å². The zero-order valence-electron chi connectivity index (χ0n) is 10.4. The molecule has 1 aliphatic rings. The molecule has 17 heavy (non-hydrogen) atoms. The van der Waals surface area contributed by atoms with Gasteiger partial charge in [0.1, 0.15) is 17.8 Å². The van der Waals surface area contributed by atoms with Crippen LogP contribution in [0.1, 0.15) is 33.6 Å². The second kappa shape index (κ2) is 4.73. The van der Waals surface area contributed by atoms with Crippen LogP contribution in [0.25, 0.3) is 0 Å². The van der Waals surface area contributed by atoms with E-state index in [-0.39, 0.29) is 22.9 Å². The highest BCUT2D eigenvalue weighted by Gasteiger charge is 2.46. The molecule has 1 rings (SSSR count). The third-order valence-corrected chi connectivity index (χ3v) is 3.74. The normalized spacial score (nSPS) is 23.2. The van der Waals surface area contributed by atoms with Gasteiger partial charge in [0.15, 0.2) is 5.78 Å². The van der Waals surface area contributed by atoms with Gasteiger partial charge >= 0.3 is 0 Å². The maximum atomic E-state index is 11.5. The topological polar surface area (TPSA) is 74.6 Å². The average Bonchev–Trinajstić information content (AvgIpc) is 2.28. The Kier molecular flexibility index (Phi) is 3.76. The lowest BCUT2D eigenvalue weighted by Gasteiger charge is -2.39. The third-order valence-electron chi connectivity index (χ3n) is 3.74. The molecule has 0 aliphatic heterocycles. The number of hydrogen-bond donors (Lipinski definition) is 2. The van der Waals surface area contributed by atoms with Gasteiger partial charge in [-0.1, -0.05) is 13.8 Å². The molecular weight excluding hydrogens is 220 g/mol. The van der Waals surface area contributed by atoms with Gasteiger partial charge in [-0.2, -0.15) is 0 Å². The average molecular weight is 238 g/mol. The molecule has 0 saturated heterocycles. The molecule has 0 radical (unpaired) electrons. The van der Waals surface area contributed by atoms with Crippen LogP contribution in [0.5, 0.6) is 0 Å². The maximum absolute atomic E-state index is 11.5. The lowest BCUT2D eigenvalue weighted by molar-refractivity contribution is -0.120. The molecule has 0 saturated carbocycles. The van der Waals surface area contributed by atoms with Gasteiger partial charge in [0.2, 0.25) is 0 Å². The molecule has 2 N–H and O–H groups in total. The van der Waals surface area contributed by atoms with E-state index in [1.807, 2.05) is 13.8 Å². The summed E-state index contributed by atoms with van der Waals surface area (Å²) in [6, 6.07) is 0. The summed E-state index contributed by atoms with van der Waals surface area (Å²) in [6.07, 6.45) is 2.88. The van der Waals surface area contributed by atoms with Gasteiger partial charge in [0.05, 0.1) is 5.92 Å². The number of carbonyl (C=O) groups excluding carboxylic acids is 2. The number of aliphatic hydroxyl groups excluding tert-OH is 2. The van der Waals surface area contributed by atoms with Gasteiger partial charge in [0.25, 0.3) is 0 Å². The SMILES string of the molecule is CCC1(CC)C(O)=CC(O)=C(C(C)=O)C1C=O. The van der Waals surface area contributed by atoms with Gasteiger partial charge in [-0.15, -0.1) is 0 Å². The Morgan fingerprint density at radius 1 is 1.41 bits per heavy atom. The third kappa shape index (κ3) is 1.88. The van der Waals surface area contributed by atoms with Crippen molar-refractivity contribution in [3.63, 3.8) is 0 Å². The largest absolute Gasteiger partial charge is 0.512 e. The minimum Gasteiger partial charge on any atom is -0.512 e. The minimum absolute atomic E-state index is 0.0258. The van der Waals surface area contributed by atoms with Gasteiger partial charge < -0.3 is 15.0 Å². The minimum atomic E-state index is -0.778. The van der Waals surface area contributed by atoms with E-state index in [1.54, 1.807) is 0 Å². The van der Waals surface area contributed by atoms with Crippen LogP contribution in [0, 0.1) is 11.3 Å². The van der Waals surface area contributed by atoms with E-state index in [2.05, 4.69) is 0 Å². The van der Waals surface area contributed by atoms with Crippen LogP contribution in [-0.4, -0.2) is 22.3 Å². The Hall–Kier alpha value is -1.58. The fourth-order valence-electron chi connectivity index (χ4n) is 2.60. The Balaban J connectivity index is 3.46. The molecule has 1 unspecified atom stereocenters. The number of carbonyl (C=O) groups is 2. The van der Waals surface area contributed by atoms with Crippen LogP contribution in [0.15, 0.2) is 23.2 Å². The van der Waals surface area contributed by atoms with Crippen molar-refractivity contribution in [3.8, 4) is 0 Å². The number of aldehydes is 1. The Morgan fingerprint density at radius 3 is 2.29 bits per heavy atom. The molecular formula is C13H18O4. The van der Waals surface area contributed by atoms with Crippen LogP contribution in [0.2, 0.25) is 0 Å². The summed E-state index contributed by atoms with van der Waals surface area (Å²) in [7, 11) is 0. The molecule has 4 heteroatoms. The summed E-state index contributed by atoms with van der Waals surface area (Å²) in [6.45, 7) is 5.02. The Bertz CT molecular complexity index is 400. The molecule has 0 bridgehead atoms. The number of Topliss-reactive ketones (excluding diaryl/α,β-unsaturated/α-hetero) is 1. The fraction of sp³-hybridized carbons (Fsp3) is 0.538. The second-order valence-electron chi connectivity index (χ2n) is 4.36. The summed E-state index contributed by atoms with van der Waals surface area (Å²) in [5.74, 6) is -1.44. The quantitative estimate of drug-likeness (QED) is 0.738. The van der Waals surface area contributed by atoms with Crippen molar-refractivity contribution >= 4 is 12.1 Å². The van der Waals surface area contributed by atoms with Crippen LogP contribution in [-0.2, 0) is 9.59 Å². The fourth-order valence-corrected chi connectivity index (χ4v) is 2.60. The lowest BCUT2D eigenvalue weighted by atomic mass is 9.64. The van der Waals surface area contributed by atoms with Crippen LogP contribution in [0.3, 0.4) is 0 Å². The summed E-state index contributed by atoms with van der Waals surface area (Å²) < 4.78 is 0. The molecule has 0 aromatic carbocycles. The summed E-state index contributed by atoms with van der Waals surface area (Å²) >= 11 is 0. The molecule has 94 valence electrons. The van der Waals surface area contributed by atoms with E-state index >= 15 is 0 Å². The monoisotopic (exact) mass is 238 g/mol. The summed E-state index contributed by atoms with van der Waals surface area (Å²) in [4.78, 5) is 22.8. The lowest BCUT2D eigenvalue weighted by Crippen LogP contribution is -2.38. The van der Waals surface area contributed by atoms with Gasteiger partial charge in [-0.3, -0.25) is 4.79 Å². The number of hydrogen-bond acceptors (Lipinski definition) is 4. The first kappa shape index (κ1) is 13.5. The van der Waals surface area contributed by atoms with Crippen molar-refractivity contribution in [1.29, 1.82) is 0 Å². The first-order valence-corrected chi connectivity index (χ1v) is 5.75. The van der Waals surface area contributed by atoms with E-state index in [1.165, 1.54) is 13.0 Å².